The molecule has 0 saturated heterocycles. The van der Waals surface area contributed by atoms with E-state index in [1.807, 2.05) is 31.2 Å². The van der Waals surface area contributed by atoms with Gasteiger partial charge in [0, 0.05) is 24.1 Å². The SMILES string of the molecule is CCOCc1ccc(Nc2nccc(C)c2[N+](=O)[O-])cc1. The first-order valence-electron chi connectivity index (χ1n) is 6.65. The average molecular weight is 287 g/mol. The number of nitrogens with zero attached hydrogens (tertiary/aromatic N) is 2. The van der Waals surface area contributed by atoms with Gasteiger partial charge in [-0.15, -0.1) is 0 Å². The molecule has 0 bridgehead atoms. The Balaban J connectivity index is 2.19. The third kappa shape index (κ3) is 3.76. The summed E-state index contributed by atoms with van der Waals surface area (Å²) in [6, 6.07) is 9.15. The van der Waals surface area contributed by atoms with Crippen molar-refractivity contribution in [1.29, 1.82) is 0 Å². The number of pyridine rings is 1. The topological polar surface area (TPSA) is 77.3 Å². The van der Waals surface area contributed by atoms with E-state index in [4.69, 9.17) is 4.74 Å². The summed E-state index contributed by atoms with van der Waals surface area (Å²) in [6.07, 6.45) is 1.55. The highest BCUT2D eigenvalue weighted by atomic mass is 16.6. The Bertz CT molecular complexity index is 627. The van der Waals surface area contributed by atoms with Crippen LogP contribution in [-0.2, 0) is 11.3 Å². The Morgan fingerprint density at radius 3 is 2.62 bits per heavy atom. The lowest BCUT2D eigenvalue weighted by molar-refractivity contribution is -0.384. The Morgan fingerprint density at radius 2 is 2.00 bits per heavy atom. The van der Waals surface area contributed by atoms with Gasteiger partial charge in [0.05, 0.1) is 11.5 Å². The summed E-state index contributed by atoms with van der Waals surface area (Å²) in [5, 5.41) is 14.1. The van der Waals surface area contributed by atoms with E-state index in [9.17, 15) is 10.1 Å². The zero-order valence-corrected chi connectivity index (χ0v) is 12.0. The van der Waals surface area contributed by atoms with Crippen LogP contribution < -0.4 is 5.32 Å². The minimum atomic E-state index is -0.422. The van der Waals surface area contributed by atoms with Crippen LogP contribution in [0.3, 0.4) is 0 Å². The second kappa shape index (κ2) is 6.81. The van der Waals surface area contributed by atoms with Gasteiger partial charge in [0.15, 0.2) is 0 Å². The van der Waals surface area contributed by atoms with Crippen molar-refractivity contribution in [3.8, 4) is 0 Å². The molecule has 2 aromatic rings. The first-order valence-corrected chi connectivity index (χ1v) is 6.65. The van der Waals surface area contributed by atoms with Crippen LogP contribution in [0.2, 0.25) is 0 Å². The molecule has 0 unspecified atom stereocenters. The van der Waals surface area contributed by atoms with E-state index in [0.29, 0.717) is 18.8 Å². The molecule has 0 fully saturated rings. The number of ether oxygens (including phenoxy) is 1. The standard InChI is InChI=1S/C15H17N3O3/c1-3-21-10-12-4-6-13(7-5-12)17-15-14(18(19)20)11(2)8-9-16-15/h4-9H,3,10H2,1-2H3,(H,16,17). The quantitative estimate of drug-likeness (QED) is 0.649. The molecule has 1 aromatic heterocycles. The van der Waals surface area contributed by atoms with E-state index in [2.05, 4.69) is 10.3 Å². The lowest BCUT2D eigenvalue weighted by Crippen LogP contribution is -2.01. The van der Waals surface area contributed by atoms with Crippen LogP contribution in [0.15, 0.2) is 36.5 Å². The largest absolute Gasteiger partial charge is 0.377 e. The van der Waals surface area contributed by atoms with Gasteiger partial charge in [0.1, 0.15) is 0 Å². The summed E-state index contributed by atoms with van der Waals surface area (Å²) in [5.41, 5.74) is 2.37. The van der Waals surface area contributed by atoms with Crippen molar-refractivity contribution in [2.45, 2.75) is 20.5 Å². The molecular formula is C15H17N3O3. The highest BCUT2D eigenvalue weighted by Crippen LogP contribution is 2.28. The number of benzene rings is 1. The predicted molar refractivity (Wildman–Crippen MR) is 80.7 cm³/mol. The van der Waals surface area contributed by atoms with E-state index >= 15 is 0 Å². The van der Waals surface area contributed by atoms with Crippen LogP contribution in [0, 0.1) is 17.0 Å². The van der Waals surface area contributed by atoms with E-state index < -0.39 is 4.92 Å². The molecule has 21 heavy (non-hydrogen) atoms. The molecule has 0 spiro atoms. The van der Waals surface area contributed by atoms with E-state index in [1.54, 1.807) is 19.2 Å². The molecule has 0 radical (unpaired) electrons. The second-order valence-electron chi connectivity index (χ2n) is 4.54. The fourth-order valence-corrected chi connectivity index (χ4v) is 1.91. The van der Waals surface area contributed by atoms with E-state index in [1.165, 1.54) is 0 Å². The maximum Gasteiger partial charge on any atom is 0.314 e. The minimum Gasteiger partial charge on any atom is -0.377 e. The van der Waals surface area contributed by atoms with Crippen LogP contribution in [0.25, 0.3) is 0 Å². The fourth-order valence-electron chi connectivity index (χ4n) is 1.91. The summed E-state index contributed by atoms with van der Waals surface area (Å²) in [6.45, 7) is 4.85. The van der Waals surface area contributed by atoms with Crippen molar-refractivity contribution in [2.75, 3.05) is 11.9 Å². The molecule has 0 amide bonds. The van der Waals surface area contributed by atoms with Crippen molar-refractivity contribution in [3.05, 3.63) is 57.8 Å². The fraction of sp³-hybridized carbons (Fsp3) is 0.267. The van der Waals surface area contributed by atoms with E-state index in [0.717, 1.165) is 11.3 Å². The van der Waals surface area contributed by atoms with Crippen LogP contribution in [0.5, 0.6) is 0 Å². The zero-order chi connectivity index (χ0) is 15.2. The minimum absolute atomic E-state index is 0.00380. The van der Waals surface area contributed by atoms with Crippen molar-refractivity contribution in [1.82, 2.24) is 4.98 Å². The van der Waals surface area contributed by atoms with Crippen LogP contribution in [-0.4, -0.2) is 16.5 Å². The summed E-state index contributed by atoms with van der Waals surface area (Å²) in [4.78, 5) is 14.7. The lowest BCUT2D eigenvalue weighted by Gasteiger charge is -2.08. The third-order valence-corrected chi connectivity index (χ3v) is 3.00. The summed E-state index contributed by atoms with van der Waals surface area (Å²) in [7, 11) is 0. The maximum atomic E-state index is 11.1. The highest BCUT2D eigenvalue weighted by Gasteiger charge is 2.18. The average Bonchev–Trinajstić information content (AvgIpc) is 2.46. The molecule has 1 heterocycles. The molecule has 110 valence electrons. The molecule has 0 aliphatic carbocycles. The van der Waals surface area contributed by atoms with Gasteiger partial charge in [0.2, 0.25) is 5.82 Å². The monoisotopic (exact) mass is 287 g/mol. The number of hydrogen-bond donors (Lipinski definition) is 1. The Hall–Kier alpha value is -2.47. The van der Waals surface area contributed by atoms with Gasteiger partial charge in [-0.05, 0) is 37.6 Å². The van der Waals surface area contributed by atoms with Crippen LogP contribution >= 0.6 is 0 Å². The number of aromatic nitrogens is 1. The summed E-state index contributed by atoms with van der Waals surface area (Å²) in [5.74, 6) is 0.248. The van der Waals surface area contributed by atoms with Gasteiger partial charge in [-0.2, -0.15) is 0 Å². The summed E-state index contributed by atoms with van der Waals surface area (Å²) < 4.78 is 5.32. The first-order chi connectivity index (χ1) is 10.1. The molecule has 6 heteroatoms. The van der Waals surface area contributed by atoms with Crippen molar-refractivity contribution < 1.29 is 9.66 Å². The van der Waals surface area contributed by atoms with E-state index in [-0.39, 0.29) is 11.5 Å². The number of hydrogen-bond acceptors (Lipinski definition) is 5. The normalized spacial score (nSPS) is 10.4. The molecular weight excluding hydrogens is 270 g/mol. The molecule has 0 atom stereocenters. The van der Waals surface area contributed by atoms with Gasteiger partial charge in [0.25, 0.3) is 0 Å². The van der Waals surface area contributed by atoms with Gasteiger partial charge < -0.3 is 10.1 Å². The molecule has 0 aliphatic rings. The number of anilines is 2. The Morgan fingerprint density at radius 1 is 1.29 bits per heavy atom. The van der Waals surface area contributed by atoms with Crippen LogP contribution in [0.1, 0.15) is 18.1 Å². The van der Waals surface area contributed by atoms with Gasteiger partial charge in [-0.25, -0.2) is 4.98 Å². The second-order valence-corrected chi connectivity index (χ2v) is 4.54. The number of rotatable bonds is 6. The first kappa shape index (κ1) is 14.9. The number of aryl methyl sites for hydroxylation is 1. The number of nitro groups is 1. The lowest BCUT2D eigenvalue weighted by atomic mass is 10.2. The zero-order valence-electron chi connectivity index (χ0n) is 12.0. The van der Waals surface area contributed by atoms with Crippen LogP contribution in [0.4, 0.5) is 17.2 Å². The smallest absolute Gasteiger partial charge is 0.314 e. The van der Waals surface area contributed by atoms with Crippen molar-refractivity contribution in [2.24, 2.45) is 0 Å². The maximum absolute atomic E-state index is 11.1. The molecule has 1 N–H and O–H groups in total. The molecule has 1 aromatic carbocycles. The molecule has 2 rings (SSSR count). The van der Waals surface area contributed by atoms with Gasteiger partial charge in [-0.1, -0.05) is 12.1 Å². The summed E-state index contributed by atoms with van der Waals surface area (Å²) >= 11 is 0. The molecule has 0 saturated carbocycles. The molecule has 0 aliphatic heterocycles. The predicted octanol–water partition coefficient (Wildman–Crippen LogP) is 3.58. The highest BCUT2D eigenvalue weighted by molar-refractivity contribution is 5.67. The molecule has 6 nitrogen and oxygen atoms in total. The Labute approximate surface area is 122 Å². The van der Waals surface area contributed by atoms with Crippen molar-refractivity contribution >= 4 is 17.2 Å². The van der Waals surface area contributed by atoms with Gasteiger partial charge >= 0.3 is 5.69 Å². The third-order valence-electron chi connectivity index (χ3n) is 3.00. The van der Waals surface area contributed by atoms with Crippen molar-refractivity contribution in [3.63, 3.8) is 0 Å². The van der Waals surface area contributed by atoms with Gasteiger partial charge in [-0.3, -0.25) is 10.1 Å². The Kier molecular flexibility index (Phi) is 4.84. The number of nitrogens with one attached hydrogen (secondary N) is 1.